The highest BCUT2D eigenvalue weighted by Crippen LogP contribution is 2.07. The van der Waals surface area contributed by atoms with Gasteiger partial charge in [-0.15, -0.1) is 0 Å². The Balaban J connectivity index is 1.77. The lowest BCUT2D eigenvalue weighted by atomic mass is 10.1. The lowest BCUT2D eigenvalue weighted by Crippen LogP contribution is -2.13. The smallest absolute Gasteiger partial charge is 0.278 e. The van der Waals surface area contributed by atoms with Crippen molar-refractivity contribution >= 4 is 17.1 Å². The van der Waals surface area contributed by atoms with Crippen LogP contribution in [0.5, 0.6) is 0 Å². The first-order valence-corrected chi connectivity index (χ1v) is 6.21. The lowest BCUT2D eigenvalue weighted by Gasteiger charge is -2.06. The molecule has 3 aromatic rings. The zero-order valence-corrected chi connectivity index (χ0v) is 10.7. The maximum atomic E-state index is 11.7. The van der Waals surface area contributed by atoms with Crippen LogP contribution in [0.15, 0.2) is 35.4 Å². The van der Waals surface area contributed by atoms with Gasteiger partial charge >= 0.3 is 0 Å². The second kappa shape index (κ2) is 5.14. The molecule has 0 aliphatic carbocycles. The standard InChI is InChI=1S/C13H14N6O/c14-5-8-1-3-9(4-2-8)6-15-13-18-11-10(12(20)19-13)16-7-17-11/h1-4,7H,5-6,14H2,(H3,15,16,17,18,19,20). The molecular weight excluding hydrogens is 256 g/mol. The third-order valence-electron chi connectivity index (χ3n) is 3.01. The molecule has 0 saturated carbocycles. The molecule has 102 valence electrons. The van der Waals surface area contributed by atoms with E-state index in [1.807, 2.05) is 24.3 Å². The van der Waals surface area contributed by atoms with Crippen LogP contribution in [0.25, 0.3) is 11.2 Å². The minimum absolute atomic E-state index is 0.242. The highest BCUT2D eigenvalue weighted by Gasteiger charge is 2.05. The van der Waals surface area contributed by atoms with Gasteiger partial charge in [-0.3, -0.25) is 9.78 Å². The van der Waals surface area contributed by atoms with E-state index in [2.05, 4.69) is 25.3 Å². The predicted molar refractivity (Wildman–Crippen MR) is 76.2 cm³/mol. The normalized spacial score (nSPS) is 10.8. The van der Waals surface area contributed by atoms with Crippen molar-refractivity contribution < 1.29 is 0 Å². The number of aromatic nitrogens is 4. The van der Waals surface area contributed by atoms with E-state index in [0.717, 1.165) is 11.1 Å². The van der Waals surface area contributed by atoms with Gasteiger partial charge in [0.1, 0.15) is 0 Å². The van der Waals surface area contributed by atoms with Crippen molar-refractivity contribution in [3.8, 4) is 0 Å². The molecular formula is C13H14N6O. The fourth-order valence-corrected chi connectivity index (χ4v) is 1.91. The molecule has 2 aromatic heterocycles. The van der Waals surface area contributed by atoms with Gasteiger partial charge in [0.2, 0.25) is 5.95 Å². The molecule has 0 fully saturated rings. The van der Waals surface area contributed by atoms with Gasteiger partial charge in [0.25, 0.3) is 5.56 Å². The molecule has 0 aliphatic heterocycles. The number of fused-ring (bicyclic) bond motifs is 1. The Morgan fingerprint density at radius 1 is 1.20 bits per heavy atom. The first kappa shape index (κ1) is 12.4. The van der Waals surface area contributed by atoms with Gasteiger partial charge in [0.05, 0.1) is 6.33 Å². The molecule has 0 spiro atoms. The number of nitrogens with one attached hydrogen (secondary N) is 3. The van der Waals surface area contributed by atoms with Crippen molar-refractivity contribution in [2.75, 3.05) is 5.32 Å². The summed E-state index contributed by atoms with van der Waals surface area (Å²) in [5.41, 5.74) is 8.24. The summed E-state index contributed by atoms with van der Waals surface area (Å²) in [7, 11) is 0. The highest BCUT2D eigenvalue weighted by molar-refractivity contribution is 5.69. The molecule has 0 aliphatic rings. The van der Waals surface area contributed by atoms with E-state index in [1.165, 1.54) is 6.33 Å². The number of imidazole rings is 1. The van der Waals surface area contributed by atoms with Crippen LogP contribution in [0.3, 0.4) is 0 Å². The Kier molecular flexibility index (Phi) is 3.18. The highest BCUT2D eigenvalue weighted by atomic mass is 16.1. The summed E-state index contributed by atoms with van der Waals surface area (Å²) in [5.74, 6) is 0.400. The van der Waals surface area contributed by atoms with Crippen molar-refractivity contribution in [3.05, 3.63) is 52.1 Å². The van der Waals surface area contributed by atoms with E-state index in [9.17, 15) is 4.79 Å². The Morgan fingerprint density at radius 3 is 2.70 bits per heavy atom. The zero-order valence-electron chi connectivity index (χ0n) is 10.7. The SMILES string of the molecule is NCc1ccc(CNc2nc3nc[nH]c3c(=O)[nH]2)cc1. The van der Waals surface area contributed by atoms with Gasteiger partial charge in [-0.25, -0.2) is 4.98 Å². The van der Waals surface area contributed by atoms with Crippen LogP contribution in [0.1, 0.15) is 11.1 Å². The Morgan fingerprint density at radius 2 is 1.95 bits per heavy atom. The summed E-state index contributed by atoms with van der Waals surface area (Å²) < 4.78 is 0. The summed E-state index contributed by atoms with van der Waals surface area (Å²) in [6, 6.07) is 7.93. The first-order valence-electron chi connectivity index (χ1n) is 6.21. The zero-order chi connectivity index (χ0) is 13.9. The summed E-state index contributed by atoms with van der Waals surface area (Å²) in [6.45, 7) is 1.09. The molecule has 7 heteroatoms. The van der Waals surface area contributed by atoms with E-state index >= 15 is 0 Å². The van der Waals surface area contributed by atoms with Gasteiger partial charge < -0.3 is 16.0 Å². The Labute approximate surface area is 114 Å². The number of aromatic amines is 2. The van der Waals surface area contributed by atoms with Crippen molar-refractivity contribution in [2.24, 2.45) is 5.73 Å². The minimum atomic E-state index is -0.242. The average Bonchev–Trinajstić information content (AvgIpc) is 2.94. The number of benzene rings is 1. The predicted octanol–water partition coefficient (Wildman–Crippen LogP) is 0.717. The summed E-state index contributed by atoms with van der Waals surface area (Å²) in [4.78, 5) is 25.3. The van der Waals surface area contributed by atoms with E-state index in [1.54, 1.807) is 0 Å². The van der Waals surface area contributed by atoms with Crippen LogP contribution >= 0.6 is 0 Å². The van der Waals surface area contributed by atoms with Crippen LogP contribution < -0.4 is 16.6 Å². The Bertz CT molecular complexity index is 773. The number of anilines is 1. The molecule has 0 radical (unpaired) electrons. The molecule has 7 nitrogen and oxygen atoms in total. The third kappa shape index (κ3) is 2.39. The maximum Gasteiger partial charge on any atom is 0.278 e. The second-order valence-electron chi connectivity index (χ2n) is 4.39. The second-order valence-corrected chi connectivity index (χ2v) is 4.39. The monoisotopic (exact) mass is 270 g/mol. The number of hydrogen-bond acceptors (Lipinski definition) is 5. The number of nitrogens with two attached hydrogens (primary N) is 1. The average molecular weight is 270 g/mol. The summed E-state index contributed by atoms with van der Waals surface area (Å²) >= 11 is 0. The molecule has 0 amide bonds. The topological polar surface area (TPSA) is 112 Å². The van der Waals surface area contributed by atoms with Crippen LogP contribution in [0.2, 0.25) is 0 Å². The summed E-state index contributed by atoms with van der Waals surface area (Å²) in [5, 5.41) is 3.07. The van der Waals surface area contributed by atoms with Crippen LogP contribution in [0, 0.1) is 0 Å². The first-order chi connectivity index (χ1) is 9.76. The maximum absolute atomic E-state index is 11.7. The molecule has 20 heavy (non-hydrogen) atoms. The van der Waals surface area contributed by atoms with Gasteiger partial charge in [-0.1, -0.05) is 24.3 Å². The van der Waals surface area contributed by atoms with E-state index in [0.29, 0.717) is 30.2 Å². The van der Waals surface area contributed by atoms with Crippen molar-refractivity contribution in [1.29, 1.82) is 0 Å². The van der Waals surface area contributed by atoms with Gasteiger partial charge in [-0.2, -0.15) is 4.98 Å². The molecule has 0 unspecified atom stereocenters. The summed E-state index contributed by atoms with van der Waals surface area (Å²) in [6.07, 6.45) is 1.45. The van der Waals surface area contributed by atoms with Gasteiger partial charge in [0, 0.05) is 13.1 Å². The van der Waals surface area contributed by atoms with Crippen molar-refractivity contribution in [2.45, 2.75) is 13.1 Å². The van der Waals surface area contributed by atoms with E-state index in [4.69, 9.17) is 5.73 Å². The van der Waals surface area contributed by atoms with Gasteiger partial charge in [0.15, 0.2) is 11.2 Å². The van der Waals surface area contributed by atoms with Crippen molar-refractivity contribution in [1.82, 2.24) is 19.9 Å². The minimum Gasteiger partial charge on any atom is -0.352 e. The number of rotatable bonds is 4. The molecule has 0 atom stereocenters. The fourth-order valence-electron chi connectivity index (χ4n) is 1.91. The van der Waals surface area contributed by atoms with E-state index in [-0.39, 0.29) is 5.56 Å². The van der Waals surface area contributed by atoms with Gasteiger partial charge in [-0.05, 0) is 11.1 Å². The lowest BCUT2D eigenvalue weighted by molar-refractivity contribution is 1.04. The van der Waals surface area contributed by atoms with Crippen molar-refractivity contribution in [3.63, 3.8) is 0 Å². The van der Waals surface area contributed by atoms with Crippen LogP contribution in [-0.4, -0.2) is 19.9 Å². The van der Waals surface area contributed by atoms with Crippen LogP contribution in [-0.2, 0) is 13.1 Å². The molecule has 3 rings (SSSR count). The molecule has 0 saturated heterocycles. The van der Waals surface area contributed by atoms with E-state index < -0.39 is 0 Å². The number of H-pyrrole nitrogens is 2. The largest absolute Gasteiger partial charge is 0.352 e. The molecule has 5 N–H and O–H groups in total. The molecule has 1 aromatic carbocycles. The number of hydrogen-bond donors (Lipinski definition) is 4. The fraction of sp³-hybridized carbons (Fsp3) is 0.154. The molecule has 2 heterocycles. The van der Waals surface area contributed by atoms with Crippen LogP contribution in [0.4, 0.5) is 5.95 Å². The quantitative estimate of drug-likeness (QED) is 0.558. The Hall–Kier alpha value is -2.67. The number of nitrogens with zero attached hydrogens (tertiary/aromatic N) is 2. The third-order valence-corrected chi connectivity index (χ3v) is 3.01. The molecule has 0 bridgehead atoms.